The van der Waals surface area contributed by atoms with Crippen molar-refractivity contribution in [1.29, 1.82) is 0 Å². The average Bonchev–Trinajstić information content (AvgIpc) is 3.08. The number of amides is 2. The molecule has 0 aliphatic rings. The van der Waals surface area contributed by atoms with Gasteiger partial charge in [0.15, 0.2) is 0 Å². The molecular weight excluding hydrogens is 282 g/mol. The highest BCUT2D eigenvalue weighted by molar-refractivity contribution is 7.12. The number of aromatic nitrogens is 3. The molecule has 2 aromatic rings. The summed E-state index contributed by atoms with van der Waals surface area (Å²) >= 11 is 1.28. The first-order valence-electron chi connectivity index (χ1n) is 5.81. The number of nitrogens with zero attached hydrogens (tertiary/aromatic N) is 3. The fourth-order valence-corrected chi connectivity index (χ4v) is 2.05. The summed E-state index contributed by atoms with van der Waals surface area (Å²) in [4.78, 5) is 23.7. The Bertz CT molecular complexity index is 581. The zero-order valence-electron chi connectivity index (χ0n) is 10.4. The van der Waals surface area contributed by atoms with Gasteiger partial charge in [0.1, 0.15) is 6.54 Å². The van der Waals surface area contributed by atoms with Crippen LogP contribution in [-0.4, -0.2) is 38.5 Å². The molecule has 3 N–H and O–H groups in total. The largest absolute Gasteiger partial charge is 0.396 e. The highest BCUT2D eigenvalue weighted by atomic mass is 32.1. The van der Waals surface area contributed by atoms with Gasteiger partial charge in [-0.05, 0) is 11.4 Å². The number of thiophene rings is 1. The molecule has 2 aromatic heterocycles. The minimum absolute atomic E-state index is 0.0260. The first kappa shape index (κ1) is 14.2. The lowest BCUT2D eigenvalue weighted by atomic mass is 10.3. The van der Waals surface area contributed by atoms with Crippen LogP contribution in [0.1, 0.15) is 15.4 Å². The van der Waals surface area contributed by atoms with E-state index < -0.39 is 5.91 Å². The molecule has 106 valence electrons. The maximum Gasteiger partial charge on any atom is 0.279 e. The summed E-state index contributed by atoms with van der Waals surface area (Å²) in [5.41, 5.74) is 5.20. The van der Waals surface area contributed by atoms with Crippen molar-refractivity contribution in [3.8, 4) is 0 Å². The number of hydrogen-bond donors (Lipinski definition) is 3. The summed E-state index contributed by atoms with van der Waals surface area (Å²) in [6.45, 7) is -0.0924. The van der Waals surface area contributed by atoms with E-state index in [1.54, 1.807) is 23.7 Å². The van der Waals surface area contributed by atoms with Gasteiger partial charge < -0.3 is 5.11 Å². The van der Waals surface area contributed by atoms with E-state index in [4.69, 9.17) is 5.11 Å². The topological polar surface area (TPSA) is 109 Å². The molecule has 0 radical (unpaired) electrons. The summed E-state index contributed by atoms with van der Waals surface area (Å²) in [5, 5.41) is 18.0. The van der Waals surface area contributed by atoms with Crippen molar-refractivity contribution < 1.29 is 14.7 Å². The Morgan fingerprint density at radius 1 is 1.40 bits per heavy atom. The molecule has 0 saturated heterocycles. The van der Waals surface area contributed by atoms with Gasteiger partial charge in [-0.3, -0.25) is 20.4 Å². The zero-order valence-corrected chi connectivity index (χ0v) is 11.3. The third-order valence-corrected chi connectivity index (χ3v) is 3.19. The van der Waals surface area contributed by atoms with E-state index in [1.165, 1.54) is 16.0 Å². The van der Waals surface area contributed by atoms with Crippen molar-refractivity contribution in [3.05, 3.63) is 34.3 Å². The van der Waals surface area contributed by atoms with Crippen LogP contribution in [-0.2, 0) is 17.8 Å². The molecule has 9 heteroatoms. The Hall–Kier alpha value is -2.26. The van der Waals surface area contributed by atoms with Crippen LogP contribution in [0.4, 0.5) is 0 Å². The van der Waals surface area contributed by atoms with Gasteiger partial charge in [-0.1, -0.05) is 11.3 Å². The van der Waals surface area contributed by atoms with Gasteiger partial charge in [-0.15, -0.1) is 16.4 Å². The second-order valence-corrected chi connectivity index (χ2v) is 4.81. The molecule has 0 fully saturated rings. The monoisotopic (exact) mass is 295 g/mol. The molecule has 0 atom stereocenters. The number of carbonyl (C=O) groups excluding carboxylic acids is 2. The van der Waals surface area contributed by atoms with Crippen LogP contribution in [0.3, 0.4) is 0 Å². The van der Waals surface area contributed by atoms with Crippen molar-refractivity contribution in [2.75, 3.05) is 6.61 Å². The number of hydrazine groups is 1. The van der Waals surface area contributed by atoms with Crippen LogP contribution in [0.25, 0.3) is 0 Å². The van der Waals surface area contributed by atoms with Crippen LogP contribution in [0.5, 0.6) is 0 Å². The predicted molar refractivity (Wildman–Crippen MR) is 70.7 cm³/mol. The van der Waals surface area contributed by atoms with Gasteiger partial charge in [0, 0.05) is 19.2 Å². The van der Waals surface area contributed by atoms with Crippen molar-refractivity contribution in [2.45, 2.75) is 13.0 Å². The van der Waals surface area contributed by atoms with Crippen LogP contribution in [0, 0.1) is 0 Å². The van der Waals surface area contributed by atoms with Crippen molar-refractivity contribution in [1.82, 2.24) is 25.8 Å². The van der Waals surface area contributed by atoms with E-state index in [-0.39, 0.29) is 19.1 Å². The minimum Gasteiger partial charge on any atom is -0.396 e. The normalized spacial score (nSPS) is 10.2. The molecule has 0 aliphatic carbocycles. The number of hydrogen-bond acceptors (Lipinski definition) is 6. The van der Waals surface area contributed by atoms with Crippen molar-refractivity contribution in [2.24, 2.45) is 0 Å². The predicted octanol–water partition coefficient (Wildman–Crippen LogP) is -0.664. The fraction of sp³-hybridized carbons (Fsp3) is 0.273. The van der Waals surface area contributed by atoms with Gasteiger partial charge in [0.25, 0.3) is 11.8 Å². The molecule has 2 rings (SSSR count). The third kappa shape index (κ3) is 3.87. The van der Waals surface area contributed by atoms with E-state index in [9.17, 15) is 9.59 Å². The SMILES string of the molecule is O=C(Cn1cc(CCO)nn1)NNC(=O)c1cccs1. The number of nitrogens with one attached hydrogen (secondary N) is 2. The summed E-state index contributed by atoms with van der Waals surface area (Å²) in [6.07, 6.45) is 1.95. The highest BCUT2D eigenvalue weighted by Crippen LogP contribution is 2.06. The van der Waals surface area contributed by atoms with Gasteiger partial charge >= 0.3 is 0 Å². The molecule has 0 aromatic carbocycles. The molecule has 8 nitrogen and oxygen atoms in total. The number of carbonyl (C=O) groups is 2. The Kier molecular flexibility index (Phi) is 4.80. The first-order chi connectivity index (χ1) is 9.69. The molecule has 0 saturated carbocycles. The van der Waals surface area contributed by atoms with E-state index in [1.807, 2.05) is 0 Å². The number of aliphatic hydroxyl groups is 1. The standard InChI is InChI=1S/C11H13N5O3S/c17-4-3-8-6-16(15-12-8)7-10(18)13-14-11(19)9-2-1-5-20-9/h1-2,5-6,17H,3-4,7H2,(H,13,18)(H,14,19). The Morgan fingerprint density at radius 3 is 2.95 bits per heavy atom. The summed E-state index contributed by atoms with van der Waals surface area (Å²) < 4.78 is 1.33. The van der Waals surface area contributed by atoms with E-state index in [2.05, 4.69) is 21.2 Å². The molecule has 0 spiro atoms. The van der Waals surface area contributed by atoms with Gasteiger partial charge in [-0.2, -0.15) is 0 Å². The maximum atomic E-state index is 11.6. The average molecular weight is 295 g/mol. The second-order valence-electron chi connectivity index (χ2n) is 3.86. The lowest BCUT2D eigenvalue weighted by molar-refractivity contribution is -0.122. The lowest BCUT2D eigenvalue weighted by Crippen LogP contribution is -2.43. The highest BCUT2D eigenvalue weighted by Gasteiger charge is 2.09. The number of rotatable bonds is 5. The zero-order chi connectivity index (χ0) is 14.4. The summed E-state index contributed by atoms with van der Waals surface area (Å²) in [6, 6.07) is 3.41. The first-order valence-corrected chi connectivity index (χ1v) is 6.69. The summed E-state index contributed by atoms with van der Waals surface area (Å²) in [5.74, 6) is -0.789. The Balaban J connectivity index is 1.78. The third-order valence-electron chi connectivity index (χ3n) is 2.32. The molecule has 20 heavy (non-hydrogen) atoms. The Labute approximate surface area is 118 Å². The fourth-order valence-electron chi connectivity index (χ4n) is 1.43. The van der Waals surface area contributed by atoms with Gasteiger partial charge in [0.2, 0.25) is 0 Å². The molecule has 0 bridgehead atoms. The molecular formula is C11H13N5O3S. The van der Waals surface area contributed by atoms with Crippen molar-refractivity contribution in [3.63, 3.8) is 0 Å². The lowest BCUT2D eigenvalue weighted by Gasteiger charge is -2.05. The van der Waals surface area contributed by atoms with Crippen LogP contribution in [0.15, 0.2) is 23.7 Å². The van der Waals surface area contributed by atoms with Gasteiger partial charge in [-0.25, -0.2) is 4.68 Å². The number of aliphatic hydroxyl groups excluding tert-OH is 1. The molecule has 0 aliphatic heterocycles. The summed E-state index contributed by atoms with van der Waals surface area (Å²) in [7, 11) is 0. The van der Waals surface area contributed by atoms with Crippen molar-refractivity contribution >= 4 is 23.2 Å². The van der Waals surface area contributed by atoms with Crippen LogP contribution >= 0.6 is 11.3 Å². The maximum absolute atomic E-state index is 11.6. The quantitative estimate of drug-likeness (QED) is 0.634. The van der Waals surface area contributed by atoms with E-state index in [0.29, 0.717) is 17.0 Å². The molecule has 0 unspecified atom stereocenters. The van der Waals surface area contributed by atoms with E-state index >= 15 is 0 Å². The molecule has 2 amide bonds. The van der Waals surface area contributed by atoms with Gasteiger partial charge in [0.05, 0.1) is 10.6 Å². The Morgan fingerprint density at radius 2 is 2.25 bits per heavy atom. The van der Waals surface area contributed by atoms with E-state index in [0.717, 1.165) is 0 Å². The smallest absolute Gasteiger partial charge is 0.279 e. The minimum atomic E-state index is -0.421. The van der Waals surface area contributed by atoms with Crippen LogP contribution in [0.2, 0.25) is 0 Å². The van der Waals surface area contributed by atoms with Crippen LogP contribution < -0.4 is 10.9 Å². The second kappa shape index (κ2) is 6.78. The molecule has 2 heterocycles.